The summed E-state index contributed by atoms with van der Waals surface area (Å²) < 4.78 is 38.9. The Morgan fingerprint density at radius 3 is 2.52 bits per heavy atom. The van der Waals surface area contributed by atoms with Crippen molar-refractivity contribution in [1.82, 2.24) is 14.9 Å². The summed E-state index contributed by atoms with van der Waals surface area (Å²) in [6.45, 7) is 7.25. The van der Waals surface area contributed by atoms with Gasteiger partial charge in [-0.15, -0.1) is 0 Å². The predicted molar refractivity (Wildman–Crippen MR) is 109 cm³/mol. The van der Waals surface area contributed by atoms with Gasteiger partial charge in [-0.2, -0.15) is 4.72 Å². The van der Waals surface area contributed by atoms with Gasteiger partial charge in [-0.3, -0.25) is 9.69 Å². The van der Waals surface area contributed by atoms with Gasteiger partial charge in [-0.25, -0.2) is 8.42 Å². The minimum atomic E-state index is -3.85. The first-order chi connectivity index (χ1) is 13.7. The first-order valence-electron chi connectivity index (χ1n) is 10.0. The SMILES string of the molecule is COc1ccc(S(=O)(=O)NC2CN(CC(C)C)CC3(CCOCC3)NC2=O)cc1. The smallest absolute Gasteiger partial charge is 0.241 e. The number of benzene rings is 1. The van der Waals surface area contributed by atoms with E-state index in [-0.39, 0.29) is 16.3 Å². The Balaban J connectivity index is 1.81. The summed E-state index contributed by atoms with van der Waals surface area (Å²) in [4.78, 5) is 15.3. The summed E-state index contributed by atoms with van der Waals surface area (Å²) in [5, 5.41) is 3.13. The van der Waals surface area contributed by atoms with E-state index < -0.39 is 16.1 Å². The van der Waals surface area contributed by atoms with Crippen molar-refractivity contribution < 1.29 is 22.7 Å². The molecule has 0 radical (unpaired) electrons. The quantitative estimate of drug-likeness (QED) is 0.705. The average molecular weight is 426 g/mol. The monoisotopic (exact) mass is 425 g/mol. The molecule has 2 heterocycles. The Kier molecular flexibility index (Phi) is 6.83. The second-order valence-corrected chi connectivity index (χ2v) is 10.0. The highest BCUT2D eigenvalue weighted by molar-refractivity contribution is 7.89. The topological polar surface area (TPSA) is 97.0 Å². The van der Waals surface area contributed by atoms with Crippen LogP contribution in [0.15, 0.2) is 29.2 Å². The molecule has 0 saturated carbocycles. The zero-order valence-corrected chi connectivity index (χ0v) is 18.1. The Bertz CT molecular complexity index is 804. The van der Waals surface area contributed by atoms with Gasteiger partial charge in [-0.1, -0.05) is 13.8 Å². The fourth-order valence-corrected chi connectivity index (χ4v) is 5.21. The van der Waals surface area contributed by atoms with Crippen LogP contribution < -0.4 is 14.8 Å². The van der Waals surface area contributed by atoms with Gasteiger partial charge in [0, 0.05) is 32.8 Å². The minimum Gasteiger partial charge on any atom is -0.497 e. The molecule has 2 N–H and O–H groups in total. The molecule has 1 unspecified atom stereocenters. The summed E-state index contributed by atoms with van der Waals surface area (Å²) in [5.41, 5.74) is -0.371. The number of amides is 1. The van der Waals surface area contributed by atoms with E-state index in [1.807, 2.05) is 0 Å². The van der Waals surface area contributed by atoms with Gasteiger partial charge in [0.15, 0.2) is 0 Å². The largest absolute Gasteiger partial charge is 0.497 e. The number of nitrogens with zero attached hydrogens (tertiary/aromatic N) is 1. The predicted octanol–water partition coefficient (Wildman–Crippen LogP) is 0.979. The number of hydrogen-bond acceptors (Lipinski definition) is 6. The van der Waals surface area contributed by atoms with Gasteiger partial charge in [0.05, 0.1) is 17.5 Å². The van der Waals surface area contributed by atoms with Gasteiger partial charge in [-0.05, 0) is 43.0 Å². The molecule has 2 aliphatic rings. The van der Waals surface area contributed by atoms with Crippen molar-refractivity contribution in [1.29, 1.82) is 0 Å². The van der Waals surface area contributed by atoms with E-state index in [1.54, 1.807) is 12.1 Å². The minimum absolute atomic E-state index is 0.103. The molecule has 29 heavy (non-hydrogen) atoms. The zero-order valence-electron chi connectivity index (χ0n) is 17.3. The van der Waals surface area contributed by atoms with E-state index in [0.29, 0.717) is 38.0 Å². The van der Waals surface area contributed by atoms with E-state index in [0.717, 1.165) is 19.4 Å². The number of methoxy groups -OCH3 is 1. The van der Waals surface area contributed by atoms with Crippen LogP contribution in [0.2, 0.25) is 0 Å². The maximum absolute atomic E-state index is 13.0. The molecule has 0 aliphatic carbocycles. The average Bonchev–Trinajstić information content (AvgIpc) is 2.78. The van der Waals surface area contributed by atoms with Gasteiger partial charge in [0.2, 0.25) is 15.9 Å². The molecule has 2 aliphatic heterocycles. The summed E-state index contributed by atoms with van der Waals surface area (Å²) in [7, 11) is -2.33. The van der Waals surface area contributed by atoms with Gasteiger partial charge < -0.3 is 14.8 Å². The number of carbonyl (C=O) groups is 1. The Morgan fingerprint density at radius 1 is 1.28 bits per heavy atom. The molecule has 0 aromatic heterocycles. The molecule has 0 bridgehead atoms. The molecule has 2 saturated heterocycles. The molecule has 162 valence electrons. The third-order valence-electron chi connectivity index (χ3n) is 5.41. The standard InChI is InChI=1S/C20H31N3O5S/c1-15(2)12-23-13-18(19(24)21-20(14-23)8-10-28-11-9-20)22-29(25,26)17-6-4-16(27-3)5-7-17/h4-7,15,18,22H,8-14H2,1-3H3,(H,21,24). The first kappa shape index (κ1) is 22.0. The Labute approximate surface area is 173 Å². The molecule has 1 atom stereocenters. The molecule has 9 heteroatoms. The molecule has 2 fully saturated rings. The van der Waals surface area contributed by atoms with Crippen molar-refractivity contribution in [3.8, 4) is 5.75 Å². The van der Waals surface area contributed by atoms with E-state index in [2.05, 4.69) is 28.8 Å². The lowest BCUT2D eigenvalue weighted by molar-refractivity contribution is -0.124. The lowest BCUT2D eigenvalue weighted by Crippen LogP contribution is -2.57. The first-order valence-corrected chi connectivity index (χ1v) is 11.5. The van der Waals surface area contributed by atoms with Crippen LogP contribution in [0.5, 0.6) is 5.75 Å². The Hall–Kier alpha value is -1.68. The van der Waals surface area contributed by atoms with Crippen molar-refractivity contribution in [3.63, 3.8) is 0 Å². The van der Waals surface area contributed by atoms with Gasteiger partial charge in [0.1, 0.15) is 11.8 Å². The molecule has 3 rings (SSSR count). The molecular formula is C20H31N3O5S. The summed E-state index contributed by atoms with van der Waals surface area (Å²) in [6.07, 6.45) is 1.45. The van der Waals surface area contributed by atoms with Crippen LogP contribution in [0.3, 0.4) is 0 Å². The van der Waals surface area contributed by atoms with Crippen molar-refractivity contribution in [3.05, 3.63) is 24.3 Å². The van der Waals surface area contributed by atoms with E-state index in [1.165, 1.54) is 19.2 Å². The van der Waals surface area contributed by atoms with Crippen LogP contribution in [0.1, 0.15) is 26.7 Å². The van der Waals surface area contributed by atoms with Crippen LogP contribution in [0.25, 0.3) is 0 Å². The number of carbonyl (C=O) groups excluding carboxylic acids is 1. The van der Waals surface area contributed by atoms with Crippen molar-refractivity contribution >= 4 is 15.9 Å². The molecule has 1 aromatic rings. The maximum Gasteiger partial charge on any atom is 0.241 e. The maximum atomic E-state index is 13.0. The van der Waals surface area contributed by atoms with Crippen LogP contribution in [0, 0.1) is 5.92 Å². The van der Waals surface area contributed by atoms with Gasteiger partial charge in [0.25, 0.3) is 0 Å². The normalized spacial score (nSPS) is 23.0. The van der Waals surface area contributed by atoms with Crippen molar-refractivity contribution in [2.45, 2.75) is 43.2 Å². The highest BCUT2D eigenvalue weighted by Crippen LogP contribution is 2.25. The summed E-state index contributed by atoms with van der Waals surface area (Å²) in [6, 6.07) is 5.26. The number of rotatable bonds is 6. The molecule has 1 aromatic carbocycles. The van der Waals surface area contributed by atoms with E-state index >= 15 is 0 Å². The molecule has 8 nitrogen and oxygen atoms in total. The third kappa shape index (κ3) is 5.48. The van der Waals surface area contributed by atoms with E-state index in [9.17, 15) is 13.2 Å². The van der Waals surface area contributed by atoms with Crippen LogP contribution in [0.4, 0.5) is 0 Å². The number of nitrogens with one attached hydrogen (secondary N) is 2. The number of sulfonamides is 1. The molecule has 1 amide bonds. The fraction of sp³-hybridized carbons (Fsp3) is 0.650. The summed E-state index contributed by atoms with van der Waals surface area (Å²) in [5.74, 6) is 0.690. The molecule has 1 spiro atoms. The van der Waals surface area contributed by atoms with Crippen LogP contribution in [-0.2, 0) is 19.6 Å². The summed E-state index contributed by atoms with van der Waals surface area (Å²) >= 11 is 0. The molecular weight excluding hydrogens is 394 g/mol. The van der Waals surface area contributed by atoms with Gasteiger partial charge >= 0.3 is 0 Å². The van der Waals surface area contributed by atoms with Crippen LogP contribution in [-0.4, -0.2) is 70.8 Å². The number of hydrogen-bond donors (Lipinski definition) is 2. The zero-order chi connectivity index (χ0) is 21.1. The fourth-order valence-electron chi connectivity index (χ4n) is 4.02. The van der Waals surface area contributed by atoms with Crippen molar-refractivity contribution in [2.75, 3.05) is 40.0 Å². The van der Waals surface area contributed by atoms with E-state index in [4.69, 9.17) is 9.47 Å². The lowest BCUT2D eigenvalue weighted by atomic mass is 9.89. The Morgan fingerprint density at radius 2 is 1.93 bits per heavy atom. The number of ether oxygens (including phenoxy) is 2. The third-order valence-corrected chi connectivity index (χ3v) is 6.90. The van der Waals surface area contributed by atoms with Crippen LogP contribution >= 0.6 is 0 Å². The second-order valence-electron chi connectivity index (χ2n) is 8.32. The lowest BCUT2D eigenvalue weighted by Gasteiger charge is -2.39. The highest BCUT2D eigenvalue weighted by atomic mass is 32.2. The second kappa shape index (κ2) is 8.99. The highest BCUT2D eigenvalue weighted by Gasteiger charge is 2.42. The van der Waals surface area contributed by atoms with Crippen molar-refractivity contribution in [2.24, 2.45) is 5.92 Å².